The lowest BCUT2D eigenvalue weighted by Gasteiger charge is -2.63. The predicted octanol–water partition coefficient (Wildman–Crippen LogP) is 4.22. The van der Waals surface area contributed by atoms with Crippen LogP contribution in [0.15, 0.2) is 12.1 Å². The summed E-state index contributed by atoms with van der Waals surface area (Å²) in [6, 6.07) is 3.37. The third-order valence-electron chi connectivity index (χ3n) is 7.65. The highest BCUT2D eigenvalue weighted by Gasteiger charge is 2.67. The number of hydrogen-bond acceptors (Lipinski definition) is 6. The number of hydrogen-bond donors (Lipinski definition) is 2. The lowest BCUT2D eigenvalue weighted by atomic mass is 9.45. The van der Waals surface area contributed by atoms with Crippen LogP contribution in [-0.4, -0.2) is 58.7 Å². The quantitative estimate of drug-likeness (QED) is 0.401. The molecule has 1 aliphatic heterocycles. The average molecular weight is 512 g/mol. The van der Waals surface area contributed by atoms with Crippen LogP contribution in [0.1, 0.15) is 70.6 Å². The molecule has 0 aromatic carbocycles. The van der Waals surface area contributed by atoms with E-state index < -0.39 is 41.9 Å². The molecule has 4 aliphatic rings. The van der Waals surface area contributed by atoms with Crippen LogP contribution in [0.5, 0.6) is 0 Å². The van der Waals surface area contributed by atoms with Crippen molar-refractivity contribution in [2.45, 2.75) is 89.8 Å². The number of ether oxygens (including phenoxy) is 1. The number of amides is 1. The first-order chi connectivity index (χ1) is 16.2. The minimum Gasteiger partial charge on any atom is -0.455 e. The molecule has 1 aromatic rings. The molecule has 3 saturated carbocycles. The Hall–Kier alpha value is -1.59. The maximum Gasteiger partial charge on any atom is 0.482 e. The van der Waals surface area contributed by atoms with E-state index in [0.29, 0.717) is 23.2 Å². The molecule has 1 unspecified atom stereocenters. The Morgan fingerprint density at radius 3 is 2.66 bits per heavy atom. The molecule has 2 bridgehead atoms. The molecule has 194 valence electrons. The van der Waals surface area contributed by atoms with Crippen molar-refractivity contribution in [1.82, 2.24) is 10.3 Å². The van der Waals surface area contributed by atoms with Gasteiger partial charge >= 0.3 is 13.1 Å². The lowest BCUT2D eigenvalue weighted by Crippen LogP contribution is -2.63. The number of rotatable bonds is 8. The second-order valence-corrected chi connectivity index (χ2v) is 12.7. The zero-order chi connectivity index (χ0) is 25.8. The highest BCUT2D eigenvalue weighted by Crippen LogP contribution is 2.64. The number of H-pyrrole nitrogens is 1. The summed E-state index contributed by atoms with van der Waals surface area (Å²) >= 11 is 0.274. The maximum atomic E-state index is 12.6. The van der Waals surface area contributed by atoms with Gasteiger partial charge in [0.2, 0.25) is 5.91 Å². The van der Waals surface area contributed by atoms with Crippen LogP contribution in [0.25, 0.3) is 0 Å². The average Bonchev–Trinajstić information content (AvgIpc) is 3.34. The molecular formula is C24H35BF2N2O5S. The Morgan fingerprint density at radius 1 is 1.31 bits per heavy atom. The van der Waals surface area contributed by atoms with E-state index in [0.717, 1.165) is 12.8 Å². The van der Waals surface area contributed by atoms with E-state index in [-0.39, 0.29) is 35.5 Å². The summed E-state index contributed by atoms with van der Waals surface area (Å²) in [5, 5.41) is 2.84. The van der Waals surface area contributed by atoms with Gasteiger partial charge in [0.1, 0.15) is 11.3 Å². The van der Waals surface area contributed by atoms with Crippen LogP contribution in [0, 0.1) is 17.3 Å². The highest BCUT2D eigenvalue weighted by molar-refractivity contribution is 8.00. The Kier molecular flexibility index (Phi) is 7.09. The van der Waals surface area contributed by atoms with Crippen LogP contribution < -0.4 is 5.32 Å². The number of thioether (sulfide) groups is 1. The first-order valence-corrected chi connectivity index (χ1v) is 13.2. The van der Waals surface area contributed by atoms with E-state index in [9.17, 15) is 18.4 Å². The fourth-order valence-electron chi connectivity index (χ4n) is 5.77. The highest BCUT2D eigenvalue weighted by atomic mass is 32.2. The number of esters is 1. The van der Waals surface area contributed by atoms with Gasteiger partial charge in [-0.25, -0.2) is 4.79 Å². The van der Waals surface area contributed by atoms with Gasteiger partial charge in [0.25, 0.3) is 5.76 Å². The van der Waals surface area contributed by atoms with Crippen molar-refractivity contribution in [3.63, 3.8) is 0 Å². The van der Waals surface area contributed by atoms with Crippen LogP contribution in [-0.2, 0) is 25.3 Å². The molecule has 1 aromatic heterocycles. The van der Waals surface area contributed by atoms with Crippen LogP contribution in [0.2, 0.25) is 0 Å². The molecule has 0 radical (unpaired) electrons. The molecule has 35 heavy (non-hydrogen) atoms. The van der Waals surface area contributed by atoms with Crippen LogP contribution in [0.3, 0.4) is 0 Å². The van der Waals surface area contributed by atoms with Gasteiger partial charge in [-0.2, -0.15) is 8.78 Å². The zero-order valence-electron chi connectivity index (χ0n) is 21.2. The van der Waals surface area contributed by atoms with Gasteiger partial charge in [0.05, 0.1) is 23.4 Å². The van der Waals surface area contributed by atoms with E-state index in [4.69, 9.17) is 14.0 Å². The van der Waals surface area contributed by atoms with Gasteiger partial charge in [-0.3, -0.25) is 4.79 Å². The molecule has 2 heterocycles. The zero-order valence-corrected chi connectivity index (χ0v) is 22.0. The minimum atomic E-state index is -2.63. The van der Waals surface area contributed by atoms with Crippen molar-refractivity contribution in [2.24, 2.45) is 17.3 Å². The Morgan fingerprint density at radius 2 is 2.03 bits per heavy atom. The third kappa shape index (κ3) is 5.56. The summed E-state index contributed by atoms with van der Waals surface area (Å²) in [5.74, 6) is -3.68. The molecule has 5 atom stereocenters. The van der Waals surface area contributed by atoms with Gasteiger partial charge in [-0.15, -0.1) is 0 Å². The monoisotopic (exact) mass is 512 g/mol. The summed E-state index contributed by atoms with van der Waals surface area (Å²) in [7, 11) is -0.728. The van der Waals surface area contributed by atoms with E-state index in [1.165, 1.54) is 0 Å². The lowest BCUT2D eigenvalue weighted by molar-refractivity contribution is -0.185. The number of carbonyl (C=O) groups is 2. The molecule has 3 aliphatic carbocycles. The third-order valence-corrected chi connectivity index (χ3v) is 8.33. The molecular weight excluding hydrogens is 477 g/mol. The summed E-state index contributed by atoms with van der Waals surface area (Å²) in [6.45, 7) is 12.0. The molecule has 5 rings (SSSR count). The van der Waals surface area contributed by atoms with E-state index in [2.05, 4.69) is 31.1 Å². The van der Waals surface area contributed by atoms with Crippen molar-refractivity contribution in [1.29, 1.82) is 0 Å². The van der Waals surface area contributed by atoms with Gasteiger partial charge in [0, 0.05) is 12.1 Å². The molecule has 0 spiro atoms. The van der Waals surface area contributed by atoms with Gasteiger partial charge < -0.3 is 24.3 Å². The smallest absolute Gasteiger partial charge is 0.455 e. The summed E-state index contributed by atoms with van der Waals surface area (Å²) in [6.07, 6.45) is 2.16. The molecule has 7 nitrogen and oxygen atoms in total. The molecule has 4 fully saturated rings. The fraction of sp³-hybridized carbons (Fsp3) is 0.750. The van der Waals surface area contributed by atoms with Crippen LogP contribution >= 0.6 is 11.8 Å². The maximum absolute atomic E-state index is 12.6. The van der Waals surface area contributed by atoms with Gasteiger partial charge in [-0.1, -0.05) is 25.6 Å². The SMILES string of the molecule is CC(C)(C)OC(=O)c1ccc(C[C@@H](NC(=O)CSC(F)F)B2OC3[C@@H]4C[C@H](C[C@]3(C)O2)C4(C)C)[nH]1. The Balaban J connectivity index is 1.49. The summed E-state index contributed by atoms with van der Waals surface area (Å²) in [5.41, 5.74) is 0.0645. The number of aromatic nitrogens is 1. The Labute approximate surface area is 209 Å². The molecule has 1 amide bonds. The topological polar surface area (TPSA) is 89.7 Å². The van der Waals surface area contributed by atoms with E-state index >= 15 is 0 Å². The van der Waals surface area contributed by atoms with E-state index in [1.54, 1.807) is 32.9 Å². The van der Waals surface area contributed by atoms with E-state index in [1.807, 2.05) is 0 Å². The number of aromatic amines is 1. The number of alkyl halides is 2. The molecule has 1 saturated heterocycles. The second kappa shape index (κ2) is 9.37. The van der Waals surface area contributed by atoms with Crippen molar-refractivity contribution in [3.05, 3.63) is 23.5 Å². The van der Waals surface area contributed by atoms with Crippen molar-refractivity contribution in [2.75, 3.05) is 5.75 Å². The van der Waals surface area contributed by atoms with Crippen molar-refractivity contribution >= 4 is 30.8 Å². The van der Waals surface area contributed by atoms with Crippen molar-refractivity contribution < 1.29 is 32.4 Å². The number of nitrogens with one attached hydrogen (secondary N) is 2. The predicted molar refractivity (Wildman–Crippen MR) is 130 cm³/mol. The second-order valence-electron chi connectivity index (χ2n) is 11.8. The summed E-state index contributed by atoms with van der Waals surface area (Å²) in [4.78, 5) is 27.9. The summed E-state index contributed by atoms with van der Waals surface area (Å²) < 4.78 is 43.5. The van der Waals surface area contributed by atoms with Crippen molar-refractivity contribution in [3.8, 4) is 0 Å². The normalized spacial score (nSPS) is 30.0. The first kappa shape index (κ1) is 26.5. The van der Waals surface area contributed by atoms with Crippen LogP contribution in [0.4, 0.5) is 8.78 Å². The fourth-order valence-corrected chi connectivity index (χ4v) is 6.13. The largest absolute Gasteiger partial charge is 0.482 e. The minimum absolute atomic E-state index is 0.0942. The van der Waals surface area contributed by atoms with Gasteiger partial charge in [-0.05, 0) is 69.9 Å². The first-order valence-electron chi connectivity index (χ1n) is 12.1. The Bertz CT molecular complexity index is 968. The van der Waals surface area contributed by atoms with Gasteiger partial charge in [0.15, 0.2) is 0 Å². The number of carbonyl (C=O) groups excluding carboxylic acids is 2. The molecule has 11 heteroatoms. The standard InChI is InChI=1S/C24H35BF2N2O5S/c1-22(2,3)32-20(31)16-8-7-14(28-16)10-17(29-18(30)12-35-21(26)27)25-33-19-15-9-13(23(15,4)5)11-24(19,6)34-25/h7-8,13,15,17,19,21,28H,9-12H2,1-6H3,(H,29,30)/t13-,15+,17-,19?,24+/m1/s1. The molecule has 2 N–H and O–H groups in total. The number of halogens is 2.